The largest absolute Gasteiger partial charge is 0.366 e. The van der Waals surface area contributed by atoms with Crippen LogP contribution in [0.15, 0.2) is 35.0 Å². The summed E-state index contributed by atoms with van der Waals surface area (Å²) in [5, 5.41) is 7.88. The summed E-state index contributed by atoms with van der Waals surface area (Å²) < 4.78 is 0. The second-order valence-corrected chi connectivity index (χ2v) is 4.00. The predicted octanol–water partition coefficient (Wildman–Crippen LogP) is 3.41. The van der Waals surface area contributed by atoms with Gasteiger partial charge < -0.3 is 5.32 Å². The molecule has 0 unspecified atom stereocenters. The number of nitrogens with one attached hydrogen (secondary N) is 1. The maximum atomic E-state index is 5.76. The van der Waals surface area contributed by atoms with Crippen molar-refractivity contribution in [3.63, 3.8) is 0 Å². The molecule has 2 rings (SSSR count). The van der Waals surface area contributed by atoms with E-state index in [4.69, 9.17) is 11.6 Å². The lowest BCUT2D eigenvalue weighted by molar-refractivity contribution is 1.12. The number of rotatable bonds is 3. The standard InChI is InChI=1S/C10H9ClN2S/c11-9-2-1-3-10(13-9)12-6-8-4-5-14-7-8/h1-5,7H,6H2,(H,12,13). The minimum atomic E-state index is 0.514. The van der Waals surface area contributed by atoms with Gasteiger partial charge in [-0.2, -0.15) is 11.3 Å². The fourth-order valence-electron chi connectivity index (χ4n) is 1.09. The third kappa shape index (κ3) is 2.47. The molecule has 0 saturated heterocycles. The van der Waals surface area contributed by atoms with Crippen LogP contribution in [0.25, 0.3) is 0 Å². The van der Waals surface area contributed by atoms with Crippen LogP contribution in [0.5, 0.6) is 0 Å². The number of aromatic nitrogens is 1. The van der Waals surface area contributed by atoms with Crippen molar-refractivity contribution in [2.75, 3.05) is 5.32 Å². The van der Waals surface area contributed by atoms with Crippen LogP contribution in [0.4, 0.5) is 5.82 Å². The first-order valence-corrected chi connectivity index (χ1v) is 5.54. The van der Waals surface area contributed by atoms with Gasteiger partial charge in [0.25, 0.3) is 0 Å². The maximum Gasteiger partial charge on any atom is 0.131 e. The van der Waals surface area contributed by atoms with Crippen molar-refractivity contribution in [3.8, 4) is 0 Å². The molecule has 0 spiro atoms. The predicted molar refractivity (Wildman–Crippen MR) is 60.9 cm³/mol. The Kier molecular flexibility index (Phi) is 3.01. The molecule has 2 aromatic rings. The molecule has 0 aliphatic heterocycles. The van der Waals surface area contributed by atoms with Crippen molar-refractivity contribution in [2.24, 2.45) is 0 Å². The summed E-state index contributed by atoms with van der Waals surface area (Å²) in [6.07, 6.45) is 0. The van der Waals surface area contributed by atoms with E-state index in [0.29, 0.717) is 5.15 Å². The Morgan fingerprint density at radius 2 is 2.29 bits per heavy atom. The fourth-order valence-corrected chi connectivity index (χ4v) is 1.92. The third-order valence-electron chi connectivity index (χ3n) is 1.77. The van der Waals surface area contributed by atoms with Crippen molar-refractivity contribution in [2.45, 2.75) is 6.54 Å². The zero-order valence-electron chi connectivity index (χ0n) is 7.40. The number of nitrogens with zero attached hydrogens (tertiary/aromatic N) is 1. The van der Waals surface area contributed by atoms with Gasteiger partial charge in [-0.05, 0) is 34.5 Å². The molecule has 0 radical (unpaired) electrons. The van der Waals surface area contributed by atoms with Crippen molar-refractivity contribution in [1.82, 2.24) is 4.98 Å². The normalized spacial score (nSPS) is 10.1. The van der Waals surface area contributed by atoms with E-state index in [9.17, 15) is 0 Å². The smallest absolute Gasteiger partial charge is 0.131 e. The molecule has 0 fully saturated rings. The fraction of sp³-hybridized carbons (Fsp3) is 0.100. The summed E-state index contributed by atoms with van der Waals surface area (Å²) >= 11 is 7.45. The molecule has 0 aliphatic carbocycles. The average molecular weight is 225 g/mol. The van der Waals surface area contributed by atoms with Gasteiger partial charge >= 0.3 is 0 Å². The van der Waals surface area contributed by atoms with Crippen LogP contribution in [0.1, 0.15) is 5.56 Å². The van der Waals surface area contributed by atoms with E-state index >= 15 is 0 Å². The summed E-state index contributed by atoms with van der Waals surface area (Å²) in [7, 11) is 0. The maximum absolute atomic E-state index is 5.76. The van der Waals surface area contributed by atoms with Gasteiger partial charge in [0.2, 0.25) is 0 Å². The van der Waals surface area contributed by atoms with Gasteiger partial charge in [-0.1, -0.05) is 17.7 Å². The summed E-state index contributed by atoms with van der Waals surface area (Å²) in [6, 6.07) is 7.63. The highest BCUT2D eigenvalue weighted by atomic mass is 35.5. The number of thiophene rings is 1. The molecule has 0 atom stereocenters. The van der Waals surface area contributed by atoms with Crippen LogP contribution in [-0.2, 0) is 6.54 Å². The van der Waals surface area contributed by atoms with Crippen LogP contribution >= 0.6 is 22.9 Å². The zero-order valence-corrected chi connectivity index (χ0v) is 8.98. The van der Waals surface area contributed by atoms with Crippen LogP contribution in [-0.4, -0.2) is 4.98 Å². The number of hydrogen-bond donors (Lipinski definition) is 1. The Bertz CT molecular complexity index is 400. The van der Waals surface area contributed by atoms with Crippen molar-refractivity contribution < 1.29 is 0 Å². The Morgan fingerprint density at radius 3 is 3.00 bits per heavy atom. The van der Waals surface area contributed by atoms with Gasteiger partial charge in [0.05, 0.1) is 0 Å². The molecule has 4 heteroatoms. The van der Waals surface area contributed by atoms with Crippen LogP contribution in [0, 0.1) is 0 Å². The van der Waals surface area contributed by atoms with E-state index in [1.807, 2.05) is 12.1 Å². The molecular formula is C10H9ClN2S. The lowest BCUT2D eigenvalue weighted by atomic mass is 10.3. The minimum absolute atomic E-state index is 0.514. The summed E-state index contributed by atoms with van der Waals surface area (Å²) in [4.78, 5) is 4.13. The highest BCUT2D eigenvalue weighted by Crippen LogP contribution is 2.11. The number of anilines is 1. The Morgan fingerprint density at radius 1 is 1.36 bits per heavy atom. The van der Waals surface area contributed by atoms with Crippen molar-refractivity contribution >= 4 is 28.8 Å². The van der Waals surface area contributed by atoms with Crippen LogP contribution in [0.2, 0.25) is 5.15 Å². The number of hydrogen-bond acceptors (Lipinski definition) is 3. The zero-order chi connectivity index (χ0) is 9.80. The van der Waals surface area contributed by atoms with E-state index in [2.05, 4.69) is 27.1 Å². The first kappa shape index (κ1) is 9.49. The molecule has 0 aliphatic rings. The Labute approximate surface area is 91.6 Å². The Hall–Kier alpha value is -1.06. The SMILES string of the molecule is Clc1cccc(NCc2ccsc2)n1. The molecule has 72 valence electrons. The first-order valence-electron chi connectivity index (χ1n) is 4.22. The van der Waals surface area contributed by atoms with E-state index in [0.717, 1.165) is 12.4 Å². The topological polar surface area (TPSA) is 24.9 Å². The molecule has 14 heavy (non-hydrogen) atoms. The monoisotopic (exact) mass is 224 g/mol. The average Bonchev–Trinajstić information content (AvgIpc) is 2.67. The molecule has 2 aromatic heterocycles. The van der Waals surface area contributed by atoms with Gasteiger partial charge in [-0.25, -0.2) is 4.98 Å². The third-order valence-corrected chi connectivity index (χ3v) is 2.71. The molecule has 0 amide bonds. The van der Waals surface area contributed by atoms with E-state index in [1.54, 1.807) is 17.4 Å². The molecule has 0 aromatic carbocycles. The van der Waals surface area contributed by atoms with Crippen molar-refractivity contribution in [3.05, 3.63) is 45.7 Å². The quantitative estimate of drug-likeness (QED) is 0.809. The lowest BCUT2D eigenvalue weighted by Gasteiger charge is -2.03. The van der Waals surface area contributed by atoms with Gasteiger partial charge in [-0.15, -0.1) is 0 Å². The molecular weight excluding hydrogens is 216 g/mol. The summed E-state index contributed by atoms with van der Waals surface area (Å²) in [6.45, 7) is 0.789. The molecule has 2 nitrogen and oxygen atoms in total. The highest BCUT2D eigenvalue weighted by Gasteiger charge is 1.95. The van der Waals surface area contributed by atoms with Gasteiger partial charge in [0.1, 0.15) is 11.0 Å². The van der Waals surface area contributed by atoms with Gasteiger partial charge in [0.15, 0.2) is 0 Å². The van der Waals surface area contributed by atoms with Crippen LogP contribution < -0.4 is 5.32 Å². The summed E-state index contributed by atoms with van der Waals surface area (Å²) in [5.41, 5.74) is 1.26. The second-order valence-electron chi connectivity index (χ2n) is 2.83. The Balaban J connectivity index is 1.98. The van der Waals surface area contributed by atoms with Gasteiger partial charge in [0, 0.05) is 6.54 Å². The molecule has 2 heterocycles. The highest BCUT2D eigenvalue weighted by molar-refractivity contribution is 7.07. The lowest BCUT2D eigenvalue weighted by Crippen LogP contribution is -1.99. The van der Waals surface area contributed by atoms with Gasteiger partial charge in [-0.3, -0.25) is 0 Å². The van der Waals surface area contributed by atoms with E-state index in [-0.39, 0.29) is 0 Å². The van der Waals surface area contributed by atoms with Crippen LogP contribution in [0.3, 0.4) is 0 Å². The number of halogens is 1. The summed E-state index contributed by atoms with van der Waals surface area (Å²) in [5.74, 6) is 0.809. The second kappa shape index (κ2) is 4.44. The number of pyridine rings is 1. The first-order chi connectivity index (χ1) is 6.84. The molecule has 0 bridgehead atoms. The van der Waals surface area contributed by atoms with E-state index in [1.165, 1.54) is 5.56 Å². The van der Waals surface area contributed by atoms with Crippen molar-refractivity contribution in [1.29, 1.82) is 0 Å². The molecule has 1 N–H and O–H groups in total. The van der Waals surface area contributed by atoms with E-state index < -0.39 is 0 Å². The molecule has 0 saturated carbocycles. The minimum Gasteiger partial charge on any atom is -0.366 e.